The maximum atomic E-state index is 11.9. The Morgan fingerprint density at radius 3 is 2.50 bits per heavy atom. The highest BCUT2D eigenvalue weighted by Crippen LogP contribution is 2.23. The lowest BCUT2D eigenvalue weighted by molar-refractivity contribution is -0.122. The molecule has 0 atom stereocenters. The first kappa shape index (κ1) is 15.3. The second-order valence-corrected chi connectivity index (χ2v) is 7.65. The quantitative estimate of drug-likeness (QED) is 0.852. The Morgan fingerprint density at radius 2 is 2.00 bits per heavy atom. The molecular formula is C12H18ClN3O3S. The van der Waals surface area contributed by atoms with Crippen molar-refractivity contribution in [3.05, 3.63) is 11.4 Å². The molecule has 20 heavy (non-hydrogen) atoms. The smallest absolute Gasteiger partial charge is 0.264 e. The second kappa shape index (κ2) is 5.73. The van der Waals surface area contributed by atoms with Crippen LogP contribution in [0.5, 0.6) is 0 Å². The molecule has 1 aliphatic rings. The summed E-state index contributed by atoms with van der Waals surface area (Å²) in [5.41, 5.74) is 0.699. The maximum absolute atomic E-state index is 11.9. The van der Waals surface area contributed by atoms with Crippen LogP contribution in [0, 0.1) is 13.8 Å². The molecule has 0 saturated heterocycles. The molecule has 6 nitrogen and oxygen atoms in total. The van der Waals surface area contributed by atoms with Crippen LogP contribution in [0.25, 0.3) is 0 Å². The molecule has 1 saturated carbocycles. The van der Waals surface area contributed by atoms with E-state index >= 15 is 0 Å². The first-order valence-electron chi connectivity index (χ1n) is 6.57. The normalized spacial score (nSPS) is 16.6. The molecule has 0 aromatic carbocycles. The zero-order valence-corrected chi connectivity index (χ0v) is 13.1. The molecule has 112 valence electrons. The second-order valence-electron chi connectivity index (χ2n) is 5.14. The number of hydrogen-bond donors (Lipinski definition) is 1. The van der Waals surface area contributed by atoms with Gasteiger partial charge in [-0.25, -0.2) is 8.42 Å². The Kier molecular flexibility index (Phi) is 4.39. The van der Waals surface area contributed by atoms with E-state index in [0.717, 1.165) is 25.7 Å². The fourth-order valence-electron chi connectivity index (χ4n) is 2.67. The highest BCUT2D eigenvalue weighted by atomic mass is 35.7. The number of aryl methyl sites for hydroxylation is 1. The molecule has 0 spiro atoms. The number of carbonyl (C=O) groups excluding carboxylic acids is 1. The van der Waals surface area contributed by atoms with Crippen molar-refractivity contribution in [2.75, 3.05) is 0 Å². The molecule has 1 aliphatic carbocycles. The van der Waals surface area contributed by atoms with Gasteiger partial charge in [-0.2, -0.15) is 5.10 Å². The lowest BCUT2D eigenvalue weighted by Gasteiger charge is -2.12. The maximum Gasteiger partial charge on any atom is 0.264 e. The van der Waals surface area contributed by atoms with Gasteiger partial charge in [0.2, 0.25) is 5.91 Å². The third kappa shape index (κ3) is 3.32. The van der Waals surface area contributed by atoms with Gasteiger partial charge < -0.3 is 5.32 Å². The lowest BCUT2D eigenvalue weighted by atomic mass is 10.2. The summed E-state index contributed by atoms with van der Waals surface area (Å²) < 4.78 is 24.3. The van der Waals surface area contributed by atoms with Crippen LogP contribution in [0.15, 0.2) is 4.90 Å². The number of rotatable bonds is 4. The van der Waals surface area contributed by atoms with E-state index < -0.39 is 9.05 Å². The molecule has 1 aromatic rings. The van der Waals surface area contributed by atoms with Gasteiger partial charge in [-0.3, -0.25) is 9.48 Å². The van der Waals surface area contributed by atoms with E-state index in [1.54, 1.807) is 13.8 Å². The van der Waals surface area contributed by atoms with Crippen LogP contribution in [-0.2, 0) is 20.4 Å². The van der Waals surface area contributed by atoms with Gasteiger partial charge in [0.05, 0.1) is 11.4 Å². The topological polar surface area (TPSA) is 81.1 Å². The van der Waals surface area contributed by atoms with E-state index in [2.05, 4.69) is 10.4 Å². The molecule has 0 bridgehead atoms. The van der Waals surface area contributed by atoms with Gasteiger partial charge in [-0.05, 0) is 26.7 Å². The molecule has 8 heteroatoms. The average Bonchev–Trinajstić information content (AvgIpc) is 2.87. The summed E-state index contributed by atoms with van der Waals surface area (Å²) >= 11 is 0. The lowest BCUT2D eigenvalue weighted by Crippen LogP contribution is -2.35. The number of aromatic nitrogens is 2. The molecule has 0 unspecified atom stereocenters. The SMILES string of the molecule is Cc1nn(CC(=O)NC2CCCC2)c(C)c1S(=O)(=O)Cl. The van der Waals surface area contributed by atoms with Crippen molar-refractivity contribution in [3.63, 3.8) is 0 Å². The predicted octanol–water partition coefficient (Wildman–Crippen LogP) is 1.49. The number of carbonyl (C=O) groups is 1. The first-order valence-corrected chi connectivity index (χ1v) is 8.88. The van der Waals surface area contributed by atoms with Crippen LogP contribution >= 0.6 is 10.7 Å². The van der Waals surface area contributed by atoms with Crippen molar-refractivity contribution in [1.82, 2.24) is 15.1 Å². The van der Waals surface area contributed by atoms with Gasteiger partial charge in [0.25, 0.3) is 9.05 Å². The van der Waals surface area contributed by atoms with Gasteiger partial charge in [-0.1, -0.05) is 12.8 Å². The molecule has 1 amide bonds. The molecule has 1 heterocycles. The molecule has 1 N–H and O–H groups in total. The zero-order chi connectivity index (χ0) is 14.9. The summed E-state index contributed by atoms with van der Waals surface area (Å²) in [5, 5.41) is 7.02. The Labute approximate surface area is 122 Å². The number of nitrogens with one attached hydrogen (secondary N) is 1. The summed E-state index contributed by atoms with van der Waals surface area (Å²) in [7, 11) is 1.53. The minimum atomic E-state index is -3.84. The first-order chi connectivity index (χ1) is 9.29. The third-order valence-corrected chi connectivity index (χ3v) is 5.11. The van der Waals surface area contributed by atoms with E-state index in [-0.39, 0.29) is 23.4 Å². The number of nitrogens with zero attached hydrogens (tertiary/aromatic N) is 2. The van der Waals surface area contributed by atoms with Gasteiger partial charge in [0, 0.05) is 16.7 Å². The summed E-state index contributed by atoms with van der Waals surface area (Å²) in [4.78, 5) is 11.9. The monoisotopic (exact) mass is 319 g/mol. The fourth-order valence-corrected chi connectivity index (χ4v) is 4.19. The van der Waals surface area contributed by atoms with Crippen molar-refractivity contribution >= 4 is 25.6 Å². The minimum absolute atomic E-state index is 0.00664. The molecule has 0 aliphatic heterocycles. The Morgan fingerprint density at radius 1 is 1.40 bits per heavy atom. The summed E-state index contributed by atoms with van der Waals surface area (Å²) in [6.45, 7) is 3.17. The summed E-state index contributed by atoms with van der Waals surface area (Å²) in [5.74, 6) is -0.152. The van der Waals surface area contributed by atoms with Gasteiger partial charge in [-0.15, -0.1) is 0 Å². The van der Waals surface area contributed by atoms with E-state index in [9.17, 15) is 13.2 Å². The van der Waals surface area contributed by atoms with Crippen LogP contribution in [-0.4, -0.2) is 30.1 Å². The molecule has 0 radical (unpaired) electrons. The average molecular weight is 320 g/mol. The highest BCUT2D eigenvalue weighted by Gasteiger charge is 2.24. The Hall–Kier alpha value is -1.08. The van der Waals surface area contributed by atoms with Crippen molar-refractivity contribution in [2.45, 2.75) is 57.0 Å². The van der Waals surface area contributed by atoms with Crippen LogP contribution < -0.4 is 5.32 Å². The van der Waals surface area contributed by atoms with Crippen LogP contribution in [0.4, 0.5) is 0 Å². The largest absolute Gasteiger partial charge is 0.352 e. The van der Waals surface area contributed by atoms with E-state index in [0.29, 0.717) is 11.4 Å². The van der Waals surface area contributed by atoms with E-state index in [1.165, 1.54) is 4.68 Å². The van der Waals surface area contributed by atoms with Crippen molar-refractivity contribution in [3.8, 4) is 0 Å². The Balaban J connectivity index is 2.12. The molecule has 1 aromatic heterocycles. The molecule has 2 rings (SSSR count). The minimum Gasteiger partial charge on any atom is -0.352 e. The zero-order valence-electron chi connectivity index (χ0n) is 11.5. The third-order valence-electron chi connectivity index (χ3n) is 3.57. The van der Waals surface area contributed by atoms with Gasteiger partial charge >= 0.3 is 0 Å². The molecule has 1 fully saturated rings. The Bertz CT molecular complexity index is 618. The number of amides is 1. The van der Waals surface area contributed by atoms with E-state index in [1.807, 2.05) is 0 Å². The highest BCUT2D eigenvalue weighted by molar-refractivity contribution is 8.13. The van der Waals surface area contributed by atoms with Gasteiger partial charge in [0.15, 0.2) is 0 Å². The van der Waals surface area contributed by atoms with Crippen LogP contribution in [0.3, 0.4) is 0 Å². The van der Waals surface area contributed by atoms with Gasteiger partial charge in [0.1, 0.15) is 11.4 Å². The van der Waals surface area contributed by atoms with E-state index in [4.69, 9.17) is 10.7 Å². The standard InChI is InChI=1S/C12H18ClN3O3S/c1-8-12(20(13,18)19)9(2)16(15-8)7-11(17)14-10-5-3-4-6-10/h10H,3-7H2,1-2H3,(H,14,17). The number of hydrogen-bond acceptors (Lipinski definition) is 4. The van der Waals surface area contributed by atoms with Crippen molar-refractivity contribution < 1.29 is 13.2 Å². The summed E-state index contributed by atoms with van der Waals surface area (Å²) in [6.07, 6.45) is 4.29. The predicted molar refractivity (Wildman–Crippen MR) is 75.1 cm³/mol. The van der Waals surface area contributed by atoms with Crippen LogP contribution in [0.2, 0.25) is 0 Å². The molecular weight excluding hydrogens is 302 g/mol. The van der Waals surface area contributed by atoms with Crippen molar-refractivity contribution in [2.24, 2.45) is 0 Å². The number of halogens is 1. The summed E-state index contributed by atoms with van der Waals surface area (Å²) in [6, 6.07) is 0.232. The van der Waals surface area contributed by atoms with Crippen molar-refractivity contribution in [1.29, 1.82) is 0 Å². The van der Waals surface area contributed by atoms with Crippen LogP contribution in [0.1, 0.15) is 37.1 Å². The fraction of sp³-hybridized carbons (Fsp3) is 0.667.